The quantitative estimate of drug-likeness (QED) is 0.349. The van der Waals surface area contributed by atoms with Gasteiger partial charge >= 0.3 is 0 Å². The molecule has 1 aliphatic rings. The predicted molar refractivity (Wildman–Crippen MR) is 140 cm³/mol. The fourth-order valence-electron chi connectivity index (χ4n) is 5.12. The summed E-state index contributed by atoms with van der Waals surface area (Å²) in [5.74, 6) is -0.790. The Kier molecular flexibility index (Phi) is 8.64. The first-order chi connectivity index (χ1) is 17.3. The van der Waals surface area contributed by atoms with Gasteiger partial charge in [0.2, 0.25) is 0 Å². The standard InChI is InChI=1S/C29H33FN2O3S/c1-19-18-36-27(31-19)17-32(2)29(35)23-11-6-10-22(15-23)26(33)16-24(28(34)21-8-3-4-9-21)13-20-7-5-12-25(30)14-20/h5-7,10-12,14-15,18,21,24,28,34H,3-4,8-9,13,16-17H2,1-2H3/t24-,28-/m1/s1. The maximum absolute atomic E-state index is 13.8. The number of aliphatic hydroxyl groups excluding tert-OH is 1. The Morgan fingerprint density at radius 2 is 1.86 bits per heavy atom. The van der Waals surface area contributed by atoms with E-state index in [0.29, 0.717) is 24.1 Å². The zero-order chi connectivity index (χ0) is 25.7. The molecule has 7 heteroatoms. The first-order valence-electron chi connectivity index (χ1n) is 12.5. The number of carbonyl (C=O) groups is 2. The van der Waals surface area contributed by atoms with Crippen molar-refractivity contribution in [2.45, 2.75) is 58.1 Å². The summed E-state index contributed by atoms with van der Waals surface area (Å²) in [7, 11) is 1.72. The lowest BCUT2D eigenvalue weighted by Gasteiger charge is -2.27. The number of halogens is 1. The largest absolute Gasteiger partial charge is 0.393 e. The lowest BCUT2D eigenvalue weighted by molar-refractivity contribution is 0.0456. The highest BCUT2D eigenvalue weighted by molar-refractivity contribution is 7.09. The summed E-state index contributed by atoms with van der Waals surface area (Å²) in [5, 5.41) is 14.0. The second-order valence-electron chi connectivity index (χ2n) is 9.88. The molecule has 1 aliphatic carbocycles. The highest BCUT2D eigenvalue weighted by Crippen LogP contribution is 2.34. The lowest BCUT2D eigenvalue weighted by Crippen LogP contribution is -2.31. The van der Waals surface area contributed by atoms with Crippen LogP contribution in [-0.2, 0) is 13.0 Å². The summed E-state index contributed by atoms with van der Waals surface area (Å²) in [6.45, 7) is 2.32. The molecule has 0 unspecified atom stereocenters. The fourth-order valence-corrected chi connectivity index (χ4v) is 5.94. The average molecular weight is 509 g/mol. The number of rotatable bonds is 10. The summed E-state index contributed by atoms with van der Waals surface area (Å²) in [6, 6.07) is 13.1. The molecule has 1 amide bonds. The van der Waals surface area contributed by atoms with Crippen LogP contribution in [0.1, 0.15) is 69.1 Å². The fraction of sp³-hybridized carbons (Fsp3) is 0.414. The van der Waals surface area contributed by atoms with Crippen LogP contribution < -0.4 is 0 Å². The molecule has 36 heavy (non-hydrogen) atoms. The number of ketones is 1. The Morgan fingerprint density at radius 1 is 1.14 bits per heavy atom. The van der Waals surface area contributed by atoms with E-state index >= 15 is 0 Å². The van der Waals surface area contributed by atoms with Gasteiger partial charge in [0.1, 0.15) is 10.8 Å². The van der Waals surface area contributed by atoms with Crippen molar-refractivity contribution < 1.29 is 19.1 Å². The summed E-state index contributed by atoms with van der Waals surface area (Å²) in [5.41, 5.74) is 2.58. The van der Waals surface area contributed by atoms with Crippen molar-refractivity contribution in [2.24, 2.45) is 11.8 Å². The Balaban J connectivity index is 1.48. The third kappa shape index (κ3) is 6.65. The molecule has 0 saturated heterocycles. The molecular weight excluding hydrogens is 475 g/mol. The summed E-state index contributed by atoms with van der Waals surface area (Å²) in [6.07, 6.45) is 4.00. The maximum atomic E-state index is 13.8. The zero-order valence-corrected chi connectivity index (χ0v) is 21.6. The van der Waals surface area contributed by atoms with Gasteiger partial charge in [-0.15, -0.1) is 11.3 Å². The minimum absolute atomic E-state index is 0.124. The Morgan fingerprint density at radius 3 is 2.56 bits per heavy atom. The number of hydrogen-bond donors (Lipinski definition) is 1. The van der Waals surface area contributed by atoms with E-state index in [1.807, 2.05) is 18.4 Å². The minimum atomic E-state index is -0.627. The van der Waals surface area contributed by atoms with Crippen LogP contribution in [0.3, 0.4) is 0 Å². The molecule has 3 aromatic rings. The number of aromatic nitrogens is 1. The molecule has 190 valence electrons. The van der Waals surface area contributed by atoms with E-state index in [-0.39, 0.29) is 35.8 Å². The number of aliphatic hydroxyl groups is 1. The maximum Gasteiger partial charge on any atom is 0.253 e. The normalized spacial score (nSPS) is 15.6. The second kappa shape index (κ2) is 11.9. The van der Waals surface area contributed by atoms with Crippen LogP contribution in [0.4, 0.5) is 4.39 Å². The third-order valence-corrected chi connectivity index (χ3v) is 7.97. The highest BCUT2D eigenvalue weighted by atomic mass is 32.1. The monoisotopic (exact) mass is 508 g/mol. The van der Waals surface area contributed by atoms with E-state index in [9.17, 15) is 19.1 Å². The van der Waals surface area contributed by atoms with Crippen LogP contribution in [0.25, 0.3) is 0 Å². The number of amides is 1. The number of thiazole rings is 1. The molecule has 0 radical (unpaired) electrons. The van der Waals surface area contributed by atoms with Crippen molar-refractivity contribution in [3.63, 3.8) is 0 Å². The molecule has 0 spiro atoms. The zero-order valence-electron chi connectivity index (χ0n) is 20.8. The number of aryl methyl sites for hydroxylation is 1. The van der Waals surface area contributed by atoms with Gasteiger partial charge in [0, 0.05) is 35.7 Å². The first-order valence-corrected chi connectivity index (χ1v) is 13.4. The molecule has 1 heterocycles. The molecule has 1 saturated carbocycles. The van der Waals surface area contributed by atoms with Gasteiger partial charge in [-0.25, -0.2) is 9.37 Å². The number of nitrogens with zero attached hydrogens (tertiary/aromatic N) is 2. The highest BCUT2D eigenvalue weighted by Gasteiger charge is 2.32. The molecule has 4 rings (SSSR count). The van der Waals surface area contributed by atoms with Crippen LogP contribution in [0.2, 0.25) is 0 Å². The predicted octanol–water partition coefficient (Wildman–Crippen LogP) is 5.85. The molecule has 0 bridgehead atoms. The van der Waals surface area contributed by atoms with Crippen LogP contribution >= 0.6 is 11.3 Å². The second-order valence-corrected chi connectivity index (χ2v) is 10.8. The summed E-state index contributed by atoms with van der Waals surface area (Å²) in [4.78, 5) is 32.4. The number of carbonyl (C=O) groups excluding carboxylic acids is 2. The number of benzene rings is 2. The van der Waals surface area contributed by atoms with Crippen LogP contribution in [0.15, 0.2) is 53.9 Å². The van der Waals surface area contributed by atoms with E-state index in [0.717, 1.165) is 41.9 Å². The van der Waals surface area contributed by atoms with Gasteiger partial charge in [0.25, 0.3) is 5.91 Å². The molecule has 1 fully saturated rings. The topological polar surface area (TPSA) is 70.5 Å². The Hall–Kier alpha value is -2.90. The van der Waals surface area contributed by atoms with Crippen molar-refractivity contribution >= 4 is 23.0 Å². The molecule has 5 nitrogen and oxygen atoms in total. The molecule has 0 aliphatic heterocycles. The number of Topliss-reactive ketones (excluding diaryl/α,β-unsaturated/α-hetero) is 1. The third-order valence-electron chi connectivity index (χ3n) is 7.02. The molecule has 1 N–H and O–H groups in total. The molecular formula is C29H33FN2O3S. The van der Waals surface area contributed by atoms with Gasteiger partial charge in [-0.3, -0.25) is 9.59 Å². The average Bonchev–Trinajstić information content (AvgIpc) is 3.55. The van der Waals surface area contributed by atoms with E-state index in [4.69, 9.17) is 0 Å². The number of hydrogen-bond acceptors (Lipinski definition) is 5. The first kappa shape index (κ1) is 26.2. The summed E-state index contributed by atoms with van der Waals surface area (Å²) < 4.78 is 13.8. The van der Waals surface area contributed by atoms with E-state index in [1.54, 1.807) is 42.3 Å². The van der Waals surface area contributed by atoms with Crippen molar-refractivity contribution in [3.8, 4) is 0 Å². The van der Waals surface area contributed by atoms with Gasteiger partial charge < -0.3 is 10.0 Å². The van der Waals surface area contributed by atoms with E-state index in [1.165, 1.54) is 23.5 Å². The Bertz CT molecular complexity index is 1200. The Labute approximate surface area is 216 Å². The van der Waals surface area contributed by atoms with Crippen LogP contribution in [0.5, 0.6) is 0 Å². The molecule has 1 aromatic heterocycles. The molecule has 2 aromatic carbocycles. The molecule has 2 atom stereocenters. The van der Waals surface area contributed by atoms with Crippen LogP contribution in [-0.4, -0.2) is 39.8 Å². The van der Waals surface area contributed by atoms with Gasteiger partial charge in [0.05, 0.1) is 12.6 Å². The van der Waals surface area contributed by atoms with Gasteiger partial charge in [-0.2, -0.15) is 0 Å². The van der Waals surface area contributed by atoms with Crippen molar-refractivity contribution in [2.75, 3.05) is 7.05 Å². The van der Waals surface area contributed by atoms with Gasteiger partial charge in [-0.05, 0) is 67.9 Å². The SMILES string of the molecule is Cc1csc(CN(C)C(=O)c2cccc(C(=O)C[C@@H](Cc3cccc(F)c3)[C@H](O)C3CCCC3)c2)n1. The lowest BCUT2D eigenvalue weighted by atomic mass is 9.81. The smallest absolute Gasteiger partial charge is 0.253 e. The summed E-state index contributed by atoms with van der Waals surface area (Å²) >= 11 is 1.51. The van der Waals surface area contributed by atoms with Gasteiger partial charge in [0.15, 0.2) is 5.78 Å². The minimum Gasteiger partial charge on any atom is -0.393 e. The van der Waals surface area contributed by atoms with E-state index < -0.39 is 6.10 Å². The van der Waals surface area contributed by atoms with Crippen molar-refractivity contribution in [3.05, 3.63) is 87.1 Å². The van der Waals surface area contributed by atoms with Crippen molar-refractivity contribution in [1.29, 1.82) is 0 Å². The van der Waals surface area contributed by atoms with E-state index in [2.05, 4.69) is 4.98 Å². The van der Waals surface area contributed by atoms with Crippen molar-refractivity contribution in [1.82, 2.24) is 9.88 Å². The van der Waals surface area contributed by atoms with Crippen LogP contribution in [0, 0.1) is 24.6 Å². The van der Waals surface area contributed by atoms with Gasteiger partial charge in [-0.1, -0.05) is 37.1 Å².